The number of carbonyl (C=O) groups is 1. The molecule has 0 saturated heterocycles. The number of nitrogens with one attached hydrogen (secondary N) is 2. The Hall–Kier alpha value is -3.35. The van der Waals surface area contributed by atoms with Crippen LogP contribution in [0.25, 0.3) is 11.3 Å². The van der Waals surface area contributed by atoms with Crippen molar-refractivity contribution >= 4 is 11.7 Å². The summed E-state index contributed by atoms with van der Waals surface area (Å²) in [5.74, 6) is 1.68. The van der Waals surface area contributed by atoms with Crippen LogP contribution in [-0.4, -0.2) is 33.7 Å². The van der Waals surface area contributed by atoms with Gasteiger partial charge in [-0.15, -0.1) is 5.10 Å². The van der Waals surface area contributed by atoms with Gasteiger partial charge in [-0.2, -0.15) is 0 Å². The number of ether oxygens (including phenoxy) is 1. The molecule has 1 heterocycles. The molecule has 7 heteroatoms. The van der Waals surface area contributed by atoms with E-state index in [1.165, 1.54) is 32.1 Å². The average Bonchev–Trinajstić information content (AvgIpc) is 3.29. The quantitative estimate of drug-likeness (QED) is 0.454. The fourth-order valence-corrected chi connectivity index (χ4v) is 4.32. The van der Waals surface area contributed by atoms with Gasteiger partial charge in [-0.25, -0.2) is 9.48 Å². The first-order valence-corrected chi connectivity index (χ1v) is 11.9. The Labute approximate surface area is 195 Å². The van der Waals surface area contributed by atoms with Gasteiger partial charge in [-0.1, -0.05) is 67.6 Å². The molecule has 2 aromatic carbocycles. The van der Waals surface area contributed by atoms with Gasteiger partial charge < -0.3 is 15.4 Å². The van der Waals surface area contributed by atoms with Crippen molar-refractivity contribution in [2.24, 2.45) is 5.92 Å². The van der Waals surface area contributed by atoms with Crippen LogP contribution in [0.1, 0.15) is 45.4 Å². The highest BCUT2D eigenvalue weighted by atomic mass is 16.5. The van der Waals surface area contributed by atoms with Crippen molar-refractivity contribution in [3.05, 3.63) is 60.8 Å². The average molecular weight is 448 g/mol. The second-order valence-electron chi connectivity index (χ2n) is 8.86. The molecule has 2 amide bonds. The Morgan fingerprint density at radius 2 is 1.94 bits per heavy atom. The lowest BCUT2D eigenvalue weighted by Gasteiger charge is -2.21. The second kappa shape index (κ2) is 11.5. The summed E-state index contributed by atoms with van der Waals surface area (Å²) in [5.41, 5.74) is 2.51. The second-order valence-corrected chi connectivity index (χ2v) is 8.86. The number of hydrogen-bond acceptors (Lipinski definition) is 4. The molecule has 3 aromatic rings. The van der Waals surface area contributed by atoms with Crippen molar-refractivity contribution in [1.29, 1.82) is 0 Å². The van der Waals surface area contributed by atoms with Gasteiger partial charge in [0.05, 0.1) is 19.3 Å². The number of carbonyl (C=O) groups excluding carboxylic acids is 1. The van der Waals surface area contributed by atoms with E-state index in [2.05, 4.69) is 20.9 Å². The molecule has 1 fully saturated rings. The number of nitrogens with zero attached hydrogens (tertiary/aromatic N) is 3. The number of urea groups is 1. The molecule has 0 bridgehead atoms. The predicted octanol–water partition coefficient (Wildman–Crippen LogP) is 5.50. The van der Waals surface area contributed by atoms with E-state index in [0.717, 1.165) is 41.6 Å². The molecular formula is C26H33N5O2. The highest BCUT2D eigenvalue weighted by molar-refractivity contribution is 5.89. The van der Waals surface area contributed by atoms with E-state index in [1.54, 1.807) is 4.68 Å². The number of benzene rings is 2. The summed E-state index contributed by atoms with van der Waals surface area (Å²) in [6.45, 7) is 3.22. The molecule has 33 heavy (non-hydrogen) atoms. The van der Waals surface area contributed by atoms with Crippen molar-refractivity contribution in [3.8, 4) is 17.0 Å². The summed E-state index contributed by atoms with van der Waals surface area (Å²) in [6.07, 6.45) is 9.82. The summed E-state index contributed by atoms with van der Waals surface area (Å²) in [4.78, 5) is 12.2. The van der Waals surface area contributed by atoms with Crippen molar-refractivity contribution in [2.75, 3.05) is 11.9 Å². The third-order valence-electron chi connectivity index (χ3n) is 6.06. The lowest BCUT2D eigenvalue weighted by molar-refractivity contribution is 0.246. The van der Waals surface area contributed by atoms with Crippen LogP contribution < -0.4 is 15.4 Å². The van der Waals surface area contributed by atoms with E-state index in [1.807, 2.05) is 67.7 Å². The summed E-state index contributed by atoms with van der Waals surface area (Å²) in [6, 6.07) is 17.0. The molecule has 1 aromatic heterocycles. The molecule has 174 valence electrons. The fraction of sp³-hybridized carbons (Fsp3) is 0.423. The molecule has 1 aliphatic carbocycles. The minimum Gasteiger partial charge on any atom is -0.494 e. The van der Waals surface area contributed by atoms with Gasteiger partial charge in [0.2, 0.25) is 0 Å². The van der Waals surface area contributed by atoms with Crippen LogP contribution in [0.4, 0.5) is 10.5 Å². The van der Waals surface area contributed by atoms with Gasteiger partial charge in [-0.05, 0) is 43.5 Å². The van der Waals surface area contributed by atoms with E-state index in [4.69, 9.17) is 4.74 Å². The van der Waals surface area contributed by atoms with Crippen LogP contribution in [0.15, 0.2) is 60.8 Å². The van der Waals surface area contributed by atoms with E-state index in [-0.39, 0.29) is 12.1 Å². The van der Waals surface area contributed by atoms with Crippen LogP contribution in [0, 0.1) is 5.92 Å². The molecule has 1 atom stereocenters. The fourth-order valence-electron chi connectivity index (χ4n) is 4.32. The first kappa shape index (κ1) is 22.8. The molecule has 4 rings (SSSR count). The van der Waals surface area contributed by atoms with E-state index in [9.17, 15) is 4.79 Å². The van der Waals surface area contributed by atoms with Crippen LogP contribution in [0.5, 0.6) is 5.75 Å². The standard InChI is InChI=1S/C26H33N5O2/c1-20(27-26(32)28-23-12-6-3-7-13-23)18-31-19-25(29-30-31)22-11-8-14-24(17-22)33-16-15-21-9-4-2-5-10-21/h3,6-8,11-14,17,19-21H,2,4-5,9-10,15-16,18H2,1H3,(H2,27,28,32)/t20-/m0/s1. The van der Waals surface area contributed by atoms with Gasteiger partial charge in [0, 0.05) is 17.3 Å². The number of amides is 2. The number of rotatable bonds is 9. The molecular weight excluding hydrogens is 414 g/mol. The van der Waals surface area contributed by atoms with Gasteiger partial charge in [-0.3, -0.25) is 0 Å². The van der Waals surface area contributed by atoms with E-state index >= 15 is 0 Å². The third-order valence-corrected chi connectivity index (χ3v) is 6.06. The van der Waals surface area contributed by atoms with Gasteiger partial charge >= 0.3 is 6.03 Å². The van der Waals surface area contributed by atoms with Gasteiger partial charge in [0.25, 0.3) is 0 Å². The zero-order valence-electron chi connectivity index (χ0n) is 19.2. The topological polar surface area (TPSA) is 81.1 Å². The van der Waals surface area contributed by atoms with Crippen molar-refractivity contribution in [1.82, 2.24) is 20.3 Å². The maximum atomic E-state index is 12.2. The van der Waals surface area contributed by atoms with Crippen LogP contribution in [-0.2, 0) is 6.54 Å². The maximum absolute atomic E-state index is 12.2. The van der Waals surface area contributed by atoms with E-state index < -0.39 is 0 Å². The van der Waals surface area contributed by atoms with Gasteiger partial charge in [0.15, 0.2) is 0 Å². The Morgan fingerprint density at radius 3 is 2.76 bits per heavy atom. The predicted molar refractivity (Wildman–Crippen MR) is 130 cm³/mol. The molecule has 0 unspecified atom stereocenters. The first-order valence-electron chi connectivity index (χ1n) is 11.9. The molecule has 0 radical (unpaired) electrons. The van der Waals surface area contributed by atoms with Crippen LogP contribution >= 0.6 is 0 Å². The smallest absolute Gasteiger partial charge is 0.319 e. The summed E-state index contributed by atoms with van der Waals surface area (Å²) >= 11 is 0. The molecule has 0 aliphatic heterocycles. The molecule has 7 nitrogen and oxygen atoms in total. The zero-order valence-corrected chi connectivity index (χ0v) is 19.2. The first-order chi connectivity index (χ1) is 16.2. The van der Waals surface area contributed by atoms with Crippen molar-refractivity contribution in [2.45, 2.75) is 58.0 Å². The number of anilines is 1. The summed E-state index contributed by atoms with van der Waals surface area (Å²) in [7, 11) is 0. The normalized spacial score (nSPS) is 15.1. The minimum atomic E-state index is -0.243. The lowest BCUT2D eigenvalue weighted by atomic mass is 9.87. The van der Waals surface area contributed by atoms with Crippen LogP contribution in [0.2, 0.25) is 0 Å². The molecule has 1 saturated carbocycles. The zero-order chi connectivity index (χ0) is 22.9. The lowest BCUT2D eigenvalue weighted by Crippen LogP contribution is -2.38. The Morgan fingerprint density at radius 1 is 1.12 bits per heavy atom. The summed E-state index contributed by atoms with van der Waals surface area (Å²) < 4.78 is 7.77. The van der Waals surface area contributed by atoms with E-state index in [0.29, 0.717) is 6.54 Å². The van der Waals surface area contributed by atoms with Crippen molar-refractivity contribution in [3.63, 3.8) is 0 Å². The number of hydrogen-bond donors (Lipinski definition) is 2. The van der Waals surface area contributed by atoms with Crippen molar-refractivity contribution < 1.29 is 9.53 Å². The van der Waals surface area contributed by atoms with Crippen LogP contribution in [0.3, 0.4) is 0 Å². The SMILES string of the molecule is C[C@@H](Cn1cc(-c2cccc(OCCC3CCCCC3)c2)nn1)NC(=O)Nc1ccccc1. The minimum absolute atomic E-state index is 0.113. The largest absolute Gasteiger partial charge is 0.494 e. The van der Waals surface area contributed by atoms with Gasteiger partial charge in [0.1, 0.15) is 11.4 Å². The highest BCUT2D eigenvalue weighted by Gasteiger charge is 2.14. The third kappa shape index (κ3) is 7.07. The Bertz CT molecular complexity index is 1010. The molecule has 2 N–H and O–H groups in total. The Balaban J connectivity index is 1.26. The maximum Gasteiger partial charge on any atom is 0.319 e. The molecule has 0 spiro atoms. The number of aromatic nitrogens is 3. The molecule has 1 aliphatic rings. The highest BCUT2D eigenvalue weighted by Crippen LogP contribution is 2.27. The summed E-state index contributed by atoms with van der Waals surface area (Å²) in [5, 5.41) is 14.3. The number of para-hydroxylation sites is 1. The Kier molecular flexibility index (Phi) is 7.95. The monoisotopic (exact) mass is 447 g/mol.